The smallest absolute Gasteiger partial charge is 0.243 e. The van der Waals surface area contributed by atoms with Crippen LogP contribution in [0.5, 0.6) is 0 Å². The topological polar surface area (TPSA) is 61.9 Å². The molecule has 2 aliphatic rings. The minimum Gasteiger partial charge on any atom is -0.379 e. The van der Waals surface area contributed by atoms with Gasteiger partial charge in [0.2, 0.25) is 10.0 Å². The van der Waals surface area contributed by atoms with Gasteiger partial charge in [-0.15, -0.1) is 0 Å². The highest BCUT2D eigenvalue weighted by Crippen LogP contribution is 2.32. The van der Waals surface area contributed by atoms with E-state index in [2.05, 4.69) is 29.3 Å². The molecule has 2 heterocycles. The van der Waals surface area contributed by atoms with Gasteiger partial charge in [0, 0.05) is 30.5 Å². The summed E-state index contributed by atoms with van der Waals surface area (Å²) in [6, 6.07) is 15.3. The zero-order valence-corrected chi connectivity index (χ0v) is 17.3. The number of sulfonamides is 1. The number of hydrogen-bond acceptors (Lipinski definition) is 4. The van der Waals surface area contributed by atoms with Crippen LogP contribution in [0.3, 0.4) is 0 Å². The molecule has 0 radical (unpaired) electrons. The number of benzene rings is 2. The highest BCUT2D eigenvalue weighted by atomic mass is 32.2. The summed E-state index contributed by atoms with van der Waals surface area (Å²) >= 11 is 5.63. The van der Waals surface area contributed by atoms with Crippen molar-refractivity contribution in [3.05, 3.63) is 54.1 Å². The van der Waals surface area contributed by atoms with Crippen molar-refractivity contribution in [1.82, 2.24) is 4.31 Å². The predicted molar refractivity (Wildman–Crippen MR) is 114 cm³/mol. The van der Waals surface area contributed by atoms with Gasteiger partial charge in [-0.1, -0.05) is 18.2 Å². The lowest BCUT2D eigenvalue weighted by molar-refractivity contribution is 0.0730. The summed E-state index contributed by atoms with van der Waals surface area (Å²) in [5.41, 5.74) is 3.17. The lowest BCUT2D eigenvalue weighted by Crippen LogP contribution is -2.40. The average Bonchev–Trinajstić information content (AvgIpc) is 3.05. The highest BCUT2D eigenvalue weighted by Gasteiger charge is 2.29. The Morgan fingerprint density at radius 3 is 2.50 bits per heavy atom. The Morgan fingerprint density at radius 2 is 1.79 bits per heavy atom. The van der Waals surface area contributed by atoms with Crippen LogP contribution in [0.15, 0.2) is 53.4 Å². The van der Waals surface area contributed by atoms with Gasteiger partial charge in [0.15, 0.2) is 5.11 Å². The molecule has 28 heavy (non-hydrogen) atoms. The minimum absolute atomic E-state index is 0.276. The summed E-state index contributed by atoms with van der Waals surface area (Å²) in [6.45, 7) is 3.79. The second kappa shape index (κ2) is 7.79. The fourth-order valence-corrected chi connectivity index (χ4v) is 5.51. The number of hydrogen-bond donors (Lipinski definition) is 1. The van der Waals surface area contributed by atoms with Crippen LogP contribution >= 0.6 is 12.2 Å². The first-order valence-corrected chi connectivity index (χ1v) is 11.2. The first kappa shape index (κ1) is 19.3. The van der Waals surface area contributed by atoms with E-state index in [-0.39, 0.29) is 10.9 Å². The van der Waals surface area contributed by atoms with E-state index in [0.717, 1.165) is 17.8 Å². The maximum Gasteiger partial charge on any atom is 0.243 e. The first-order chi connectivity index (χ1) is 13.5. The maximum absolute atomic E-state index is 12.7. The van der Waals surface area contributed by atoms with Crippen molar-refractivity contribution in [2.24, 2.45) is 0 Å². The molecule has 6 nitrogen and oxygen atoms in total. The van der Waals surface area contributed by atoms with E-state index in [1.807, 2.05) is 12.1 Å². The van der Waals surface area contributed by atoms with Crippen LogP contribution in [0.1, 0.15) is 12.5 Å². The van der Waals surface area contributed by atoms with E-state index < -0.39 is 10.0 Å². The minimum atomic E-state index is -3.49. The number of para-hydroxylation sites is 1. The van der Waals surface area contributed by atoms with E-state index in [4.69, 9.17) is 17.0 Å². The third-order valence-electron chi connectivity index (χ3n) is 5.14. The van der Waals surface area contributed by atoms with Gasteiger partial charge in [0.25, 0.3) is 0 Å². The van der Waals surface area contributed by atoms with Gasteiger partial charge in [-0.05, 0) is 61.5 Å². The van der Waals surface area contributed by atoms with Crippen molar-refractivity contribution in [1.29, 1.82) is 0 Å². The highest BCUT2D eigenvalue weighted by molar-refractivity contribution is 7.89. The van der Waals surface area contributed by atoms with E-state index in [9.17, 15) is 8.42 Å². The van der Waals surface area contributed by atoms with Crippen molar-refractivity contribution < 1.29 is 13.2 Å². The van der Waals surface area contributed by atoms with Crippen LogP contribution in [0.2, 0.25) is 0 Å². The number of ether oxygens (including phenoxy) is 1. The lowest BCUT2D eigenvalue weighted by Gasteiger charge is -2.27. The third-order valence-corrected chi connectivity index (χ3v) is 7.35. The van der Waals surface area contributed by atoms with Crippen LogP contribution < -0.4 is 10.2 Å². The van der Waals surface area contributed by atoms with Gasteiger partial charge in [-0.3, -0.25) is 0 Å². The number of anilines is 2. The molecule has 1 saturated heterocycles. The molecule has 0 amide bonds. The van der Waals surface area contributed by atoms with Crippen LogP contribution in [0.4, 0.5) is 11.4 Å². The number of nitrogens with zero attached hydrogens (tertiary/aromatic N) is 2. The largest absolute Gasteiger partial charge is 0.379 e. The molecule has 1 atom stereocenters. The summed E-state index contributed by atoms with van der Waals surface area (Å²) in [5.74, 6) is 0. The molecule has 0 unspecified atom stereocenters. The zero-order valence-electron chi connectivity index (χ0n) is 15.7. The van der Waals surface area contributed by atoms with Gasteiger partial charge < -0.3 is 15.0 Å². The molecule has 2 aromatic rings. The standard InChI is InChI=1S/C20H23N3O3S2/c1-15-14-16-4-2-3-5-19(16)23(15)20(27)21-17-6-8-18(9-7-17)28(24,25)22-10-12-26-13-11-22/h2-9,15H,10-14H2,1H3,(H,21,27)/t15-/m1/s1. The normalized spacial score (nSPS) is 20.0. The van der Waals surface area contributed by atoms with Crippen molar-refractivity contribution in [2.75, 3.05) is 36.5 Å². The Morgan fingerprint density at radius 1 is 1.11 bits per heavy atom. The number of fused-ring (bicyclic) bond motifs is 1. The maximum atomic E-state index is 12.7. The van der Waals surface area contributed by atoms with Crippen molar-refractivity contribution >= 4 is 38.7 Å². The van der Waals surface area contributed by atoms with Crippen LogP contribution in [0.25, 0.3) is 0 Å². The zero-order chi connectivity index (χ0) is 19.7. The molecule has 0 saturated carbocycles. The number of thiocarbonyl (C=S) groups is 1. The predicted octanol–water partition coefficient (Wildman–Crippen LogP) is 2.86. The van der Waals surface area contributed by atoms with Gasteiger partial charge in [-0.25, -0.2) is 8.42 Å². The molecular formula is C20H23N3O3S2. The summed E-state index contributed by atoms with van der Waals surface area (Å²) < 4.78 is 32.2. The summed E-state index contributed by atoms with van der Waals surface area (Å²) in [6.07, 6.45) is 0.953. The molecule has 8 heteroatoms. The molecule has 0 spiro atoms. The summed E-state index contributed by atoms with van der Waals surface area (Å²) in [5, 5.41) is 3.85. The summed E-state index contributed by atoms with van der Waals surface area (Å²) in [7, 11) is -3.49. The van der Waals surface area contributed by atoms with Crippen LogP contribution in [-0.2, 0) is 21.2 Å². The quantitative estimate of drug-likeness (QED) is 0.775. The van der Waals surface area contributed by atoms with Gasteiger partial charge in [0.1, 0.15) is 0 Å². The van der Waals surface area contributed by atoms with E-state index in [1.54, 1.807) is 24.3 Å². The molecule has 2 aliphatic heterocycles. The van der Waals surface area contributed by atoms with Crippen molar-refractivity contribution in [2.45, 2.75) is 24.3 Å². The molecule has 1 fully saturated rings. The number of morpholine rings is 1. The molecule has 2 aromatic carbocycles. The third kappa shape index (κ3) is 3.65. The Hall–Kier alpha value is -2.00. The Labute approximate surface area is 171 Å². The van der Waals surface area contributed by atoms with E-state index in [0.29, 0.717) is 31.4 Å². The molecule has 0 aromatic heterocycles. The first-order valence-electron chi connectivity index (χ1n) is 9.33. The molecule has 4 rings (SSSR count). The molecule has 0 bridgehead atoms. The molecule has 0 aliphatic carbocycles. The Bertz CT molecular complexity index is 970. The lowest BCUT2D eigenvalue weighted by atomic mass is 10.1. The van der Waals surface area contributed by atoms with E-state index >= 15 is 0 Å². The van der Waals surface area contributed by atoms with Crippen LogP contribution in [0, 0.1) is 0 Å². The summed E-state index contributed by atoms with van der Waals surface area (Å²) in [4.78, 5) is 2.40. The number of nitrogens with one attached hydrogen (secondary N) is 1. The monoisotopic (exact) mass is 417 g/mol. The second-order valence-corrected chi connectivity index (χ2v) is 9.35. The van der Waals surface area contributed by atoms with Gasteiger partial charge in [0.05, 0.1) is 18.1 Å². The van der Waals surface area contributed by atoms with Crippen LogP contribution in [-0.4, -0.2) is 50.2 Å². The Balaban J connectivity index is 1.48. The van der Waals surface area contributed by atoms with Crippen molar-refractivity contribution in [3.8, 4) is 0 Å². The average molecular weight is 418 g/mol. The molecule has 148 valence electrons. The van der Waals surface area contributed by atoms with Gasteiger partial charge in [-0.2, -0.15) is 4.31 Å². The number of rotatable bonds is 3. The fraction of sp³-hybridized carbons (Fsp3) is 0.350. The second-order valence-electron chi connectivity index (χ2n) is 7.02. The van der Waals surface area contributed by atoms with E-state index in [1.165, 1.54) is 9.87 Å². The molecule has 1 N–H and O–H groups in total. The Kier molecular flexibility index (Phi) is 5.37. The SMILES string of the molecule is C[C@@H]1Cc2ccccc2N1C(=S)Nc1ccc(S(=O)(=O)N2CCOCC2)cc1. The van der Waals surface area contributed by atoms with Crippen molar-refractivity contribution in [3.63, 3.8) is 0 Å². The fourth-order valence-electron chi connectivity index (χ4n) is 3.70. The molecular weight excluding hydrogens is 394 g/mol. The van der Waals surface area contributed by atoms with Gasteiger partial charge >= 0.3 is 0 Å².